The molecule has 0 aromatic heterocycles. The Balaban J connectivity index is 1.79. The van der Waals surface area contributed by atoms with Crippen molar-refractivity contribution in [3.8, 4) is 0 Å². The number of rotatable bonds is 7. The fourth-order valence-electron chi connectivity index (χ4n) is 1.77. The fraction of sp³-hybridized carbons (Fsp3) is 0.118. The van der Waals surface area contributed by atoms with Gasteiger partial charge in [0.15, 0.2) is 0 Å². The van der Waals surface area contributed by atoms with Crippen molar-refractivity contribution < 1.29 is 9.53 Å². The van der Waals surface area contributed by atoms with Crippen LogP contribution >= 0.6 is 0 Å². The highest BCUT2D eigenvalue weighted by atomic mass is 16.5. The molecule has 0 aliphatic heterocycles. The number of carbonyl (C=O) groups excluding carboxylic acids is 1. The van der Waals surface area contributed by atoms with E-state index in [2.05, 4.69) is 17.2 Å². The molecule has 4 nitrogen and oxygen atoms in total. The van der Waals surface area contributed by atoms with Crippen LogP contribution in [0.25, 0.3) is 0 Å². The summed E-state index contributed by atoms with van der Waals surface area (Å²) in [7, 11) is 0. The molecule has 2 N–H and O–H groups in total. The maximum atomic E-state index is 10.9. The molecule has 2 aromatic carbocycles. The van der Waals surface area contributed by atoms with Crippen LogP contribution < -0.4 is 10.6 Å². The van der Waals surface area contributed by atoms with Gasteiger partial charge in [0.25, 0.3) is 0 Å². The molecule has 0 atom stereocenters. The number of anilines is 3. The van der Waals surface area contributed by atoms with Crippen molar-refractivity contribution >= 4 is 23.0 Å². The molecule has 0 saturated heterocycles. The highest BCUT2D eigenvalue weighted by Gasteiger charge is 1.97. The predicted molar refractivity (Wildman–Crippen MR) is 85.8 cm³/mol. The van der Waals surface area contributed by atoms with Gasteiger partial charge >= 0.3 is 5.97 Å². The third-order valence-electron chi connectivity index (χ3n) is 2.79. The summed E-state index contributed by atoms with van der Waals surface area (Å²) in [6.45, 7) is 4.21. The van der Waals surface area contributed by atoms with Gasteiger partial charge in [-0.1, -0.05) is 24.8 Å². The van der Waals surface area contributed by atoms with Gasteiger partial charge in [-0.25, -0.2) is 4.79 Å². The maximum absolute atomic E-state index is 10.9. The van der Waals surface area contributed by atoms with E-state index in [1.165, 1.54) is 0 Å². The Morgan fingerprint density at radius 2 is 1.62 bits per heavy atom. The van der Waals surface area contributed by atoms with Gasteiger partial charge in [0.05, 0.1) is 0 Å². The molecule has 0 aliphatic rings. The zero-order chi connectivity index (χ0) is 14.9. The van der Waals surface area contributed by atoms with Crippen LogP contribution in [0.1, 0.15) is 0 Å². The summed E-state index contributed by atoms with van der Waals surface area (Å²) in [4.78, 5) is 10.9. The number of hydrogen-bond acceptors (Lipinski definition) is 4. The largest absolute Gasteiger partial charge is 0.461 e. The average molecular weight is 282 g/mol. The van der Waals surface area contributed by atoms with E-state index in [0.717, 1.165) is 23.1 Å². The van der Waals surface area contributed by atoms with Crippen molar-refractivity contribution in [3.63, 3.8) is 0 Å². The van der Waals surface area contributed by atoms with E-state index in [-0.39, 0.29) is 0 Å². The summed E-state index contributed by atoms with van der Waals surface area (Å²) >= 11 is 0. The summed E-state index contributed by atoms with van der Waals surface area (Å²) in [5, 5.41) is 6.49. The summed E-state index contributed by atoms with van der Waals surface area (Å²) < 4.78 is 4.88. The number of nitrogens with one attached hydrogen (secondary N) is 2. The SMILES string of the molecule is C=CC(=O)OCCNc1ccc(Nc2ccccc2)cc1. The molecule has 0 radical (unpaired) electrons. The Kier molecular flexibility index (Phi) is 5.41. The van der Waals surface area contributed by atoms with E-state index in [1.54, 1.807) is 0 Å². The van der Waals surface area contributed by atoms with E-state index in [4.69, 9.17) is 4.74 Å². The second-order valence-corrected chi connectivity index (χ2v) is 4.37. The standard InChI is InChI=1S/C17H18N2O2/c1-2-17(20)21-13-12-18-14-8-10-16(11-9-14)19-15-6-4-3-5-7-15/h2-11,18-19H,1,12-13H2. The van der Waals surface area contributed by atoms with Gasteiger partial charge in [0, 0.05) is 29.7 Å². The minimum Gasteiger partial charge on any atom is -0.461 e. The number of esters is 1. The Bertz CT molecular complexity index is 579. The fourth-order valence-corrected chi connectivity index (χ4v) is 1.77. The molecule has 21 heavy (non-hydrogen) atoms. The van der Waals surface area contributed by atoms with Gasteiger partial charge in [-0.3, -0.25) is 0 Å². The number of ether oxygens (including phenoxy) is 1. The number of hydrogen-bond donors (Lipinski definition) is 2. The van der Waals surface area contributed by atoms with Gasteiger partial charge in [-0.15, -0.1) is 0 Å². The molecule has 0 amide bonds. The smallest absolute Gasteiger partial charge is 0.330 e. The second-order valence-electron chi connectivity index (χ2n) is 4.37. The maximum Gasteiger partial charge on any atom is 0.330 e. The van der Waals surface area contributed by atoms with Gasteiger partial charge in [0.2, 0.25) is 0 Å². The first-order valence-corrected chi connectivity index (χ1v) is 6.73. The Hall–Kier alpha value is -2.75. The first-order valence-electron chi connectivity index (χ1n) is 6.73. The normalized spacial score (nSPS) is 9.71. The van der Waals surface area contributed by atoms with Crippen molar-refractivity contribution in [2.75, 3.05) is 23.8 Å². The van der Waals surface area contributed by atoms with E-state index >= 15 is 0 Å². The van der Waals surface area contributed by atoms with Gasteiger partial charge in [-0.05, 0) is 36.4 Å². The van der Waals surface area contributed by atoms with Crippen LogP contribution in [0.15, 0.2) is 67.3 Å². The molecule has 4 heteroatoms. The number of benzene rings is 2. The molecule has 108 valence electrons. The van der Waals surface area contributed by atoms with Crippen molar-refractivity contribution in [3.05, 3.63) is 67.3 Å². The summed E-state index contributed by atoms with van der Waals surface area (Å²) in [5.74, 6) is -0.404. The Labute approximate surface area is 124 Å². The van der Waals surface area contributed by atoms with Gasteiger partial charge in [-0.2, -0.15) is 0 Å². The van der Waals surface area contributed by atoms with Gasteiger partial charge in [0.1, 0.15) is 6.61 Å². The topological polar surface area (TPSA) is 50.4 Å². The van der Waals surface area contributed by atoms with Crippen LogP contribution in [0.2, 0.25) is 0 Å². The van der Waals surface area contributed by atoms with Gasteiger partial charge < -0.3 is 15.4 Å². The molecule has 0 unspecified atom stereocenters. The Morgan fingerprint density at radius 1 is 1.00 bits per heavy atom. The van der Waals surface area contributed by atoms with Crippen LogP contribution in [0.5, 0.6) is 0 Å². The van der Waals surface area contributed by atoms with E-state index in [9.17, 15) is 4.79 Å². The van der Waals surface area contributed by atoms with E-state index in [0.29, 0.717) is 13.2 Å². The zero-order valence-electron chi connectivity index (χ0n) is 11.7. The van der Waals surface area contributed by atoms with Crippen LogP contribution in [-0.2, 0) is 9.53 Å². The molecule has 0 spiro atoms. The van der Waals surface area contributed by atoms with E-state index in [1.807, 2.05) is 54.6 Å². The summed E-state index contributed by atoms with van der Waals surface area (Å²) in [5.41, 5.74) is 3.04. The first kappa shape index (κ1) is 14.7. The lowest BCUT2D eigenvalue weighted by Gasteiger charge is -2.09. The van der Waals surface area contributed by atoms with Crippen molar-refractivity contribution in [2.45, 2.75) is 0 Å². The second kappa shape index (κ2) is 7.75. The molecule has 0 heterocycles. The lowest BCUT2D eigenvalue weighted by molar-refractivity contribution is -0.137. The van der Waals surface area contributed by atoms with Crippen LogP contribution in [0.4, 0.5) is 17.1 Å². The lowest BCUT2D eigenvalue weighted by Crippen LogP contribution is -2.12. The zero-order valence-corrected chi connectivity index (χ0v) is 11.7. The highest BCUT2D eigenvalue weighted by Crippen LogP contribution is 2.18. The summed E-state index contributed by atoms with van der Waals surface area (Å²) in [6, 6.07) is 17.9. The van der Waals surface area contributed by atoms with E-state index < -0.39 is 5.97 Å². The number of carbonyl (C=O) groups is 1. The Morgan fingerprint density at radius 3 is 2.29 bits per heavy atom. The van der Waals surface area contributed by atoms with Crippen molar-refractivity contribution in [2.24, 2.45) is 0 Å². The molecular weight excluding hydrogens is 264 g/mol. The lowest BCUT2D eigenvalue weighted by atomic mass is 10.2. The third kappa shape index (κ3) is 5.03. The minimum atomic E-state index is -0.404. The molecule has 0 bridgehead atoms. The molecule has 0 fully saturated rings. The average Bonchev–Trinajstić information content (AvgIpc) is 2.54. The minimum absolute atomic E-state index is 0.314. The third-order valence-corrected chi connectivity index (χ3v) is 2.79. The predicted octanol–water partition coefficient (Wildman–Crippen LogP) is 3.57. The van der Waals surface area contributed by atoms with Crippen molar-refractivity contribution in [1.82, 2.24) is 0 Å². The summed E-state index contributed by atoms with van der Waals surface area (Å²) in [6.07, 6.45) is 1.16. The molecule has 0 aliphatic carbocycles. The number of para-hydroxylation sites is 1. The quantitative estimate of drug-likeness (QED) is 0.463. The monoisotopic (exact) mass is 282 g/mol. The molecule has 0 saturated carbocycles. The first-order chi connectivity index (χ1) is 10.3. The molecule has 2 rings (SSSR count). The van der Waals surface area contributed by atoms with Crippen LogP contribution in [0.3, 0.4) is 0 Å². The molecular formula is C17H18N2O2. The highest BCUT2D eigenvalue weighted by molar-refractivity contribution is 5.81. The van der Waals surface area contributed by atoms with Crippen molar-refractivity contribution in [1.29, 1.82) is 0 Å². The molecule has 2 aromatic rings. The van der Waals surface area contributed by atoms with Crippen LogP contribution in [0, 0.1) is 0 Å². The van der Waals surface area contributed by atoms with Crippen LogP contribution in [-0.4, -0.2) is 19.1 Å².